The molecule has 0 aliphatic rings. The van der Waals surface area contributed by atoms with Gasteiger partial charge in [0.05, 0.1) is 5.02 Å². The molecule has 0 aromatic heterocycles. The van der Waals surface area contributed by atoms with Gasteiger partial charge in [-0.15, -0.1) is 0 Å². The van der Waals surface area contributed by atoms with Gasteiger partial charge in [-0.3, -0.25) is 0 Å². The van der Waals surface area contributed by atoms with Gasteiger partial charge in [-0.25, -0.2) is 0 Å². The van der Waals surface area contributed by atoms with E-state index in [0.29, 0.717) is 0 Å². The SMILES string of the molecule is Clc1cc(I)cc(I)c1Br. The van der Waals surface area contributed by atoms with Gasteiger partial charge in [-0.1, -0.05) is 11.6 Å². The summed E-state index contributed by atoms with van der Waals surface area (Å²) in [6.45, 7) is 0. The second-order valence-electron chi connectivity index (χ2n) is 1.68. The van der Waals surface area contributed by atoms with E-state index in [1.807, 2.05) is 6.07 Å². The Morgan fingerprint density at radius 1 is 1.30 bits per heavy atom. The van der Waals surface area contributed by atoms with Crippen LogP contribution in [0.25, 0.3) is 0 Å². The smallest absolute Gasteiger partial charge is 0.0569 e. The predicted molar refractivity (Wildman–Crippen MR) is 64.6 cm³/mol. The zero-order valence-corrected chi connectivity index (χ0v) is 11.3. The first kappa shape index (κ1) is 9.54. The van der Waals surface area contributed by atoms with Gasteiger partial charge in [0.1, 0.15) is 0 Å². The molecule has 0 radical (unpaired) electrons. The van der Waals surface area contributed by atoms with Crippen molar-refractivity contribution in [3.05, 3.63) is 28.8 Å². The highest BCUT2D eigenvalue weighted by atomic mass is 127. The quantitative estimate of drug-likeness (QED) is 0.319. The molecule has 4 heteroatoms. The summed E-state index contributed by atoms with van der Waals surface area (Å²) in [5, 5.41) is 0.774. The van der Waals surface area contributed by atoms with Crippen LogP contribution in [-0.2, 0) is 0 Å². The lowest BCUT2D eigenvalue weighted by molar-refractivity contribution is 1.54. The highest BCUT2D eigenvalue weighted by molar-refractivity contribution is 14.1. The van der Waals surface area contributed by atoms with Crippen molar-refractivity contribution >= 4 is 72.7 Å². The molecule has 10 heavy (non-hydrogen) atoms. The zero-order valence-electron chi connectivity index (χ0n) is 4.67. The van der Waals surface area contributed by atoms with Crippen LogP contribution in [0.1, 0.15) is 0 Å². The van der Waals surface area contributed by atoms with E-state index in [9.17, 15) is 0 Å². The Morgan fingerprint density at radius 2 is 1.90 bits per heavy atom. The fourth-order valence-electron chi connectivity index (χ4n) is 0.525. The van der Waals surface area contributed by atoms with Gasteiger partial charge in [0.2, 0.25) is 0 Å². The average Bonchev–Trinajstić information content (AvgIpc) is 1.82. The fraction of sp³-hybridized carbons (Fsp3) is 0. The van der Waals surface area contributed by atoms with Crippen LogP contribution in [0.15, 0.2) is 16.6 Å². The molecule has 0 amide bonds. The summed E-state index contributed by atoms with van der Waals surface area (Å²) >= 11 is 13.7. The van der Waals surface area contributed by atoms with Crippen LogP contribution in [0.4, 0.5) is 0 Å². The molecule has 0 N–H and O–H groups in total. The number of benzene rings is 1. The molecule has 1 aromatic carbocycles. The van der Waals surface area contributed by atoms with E-state index >= 15 is 0 Å². The van der Waals surface area contributed by atoms with Crippen molar-refractivity contribution in [2.24, 2.45) is 0 Å². The Morgan fingerprint density at radius 3 is 2.40 bits per heavy atom. The highest BCUT2D eigenvalue weighted by Crippen LogP contribution is 2.29. The summed E-state index contributed by atoms with van der Waals surface area (Å²) in [7, 11) is 0. The van der Waals surface area contributed by atoms with Gasteiger partial charge in [0, 0.05) is 11.6 Å². The molecule has 1 aromatic rings. The van der Waals surface area contributed by atoms with Crippen molar-refractivity contribution in [3.8, 4) is 0 Å². The minimum Gasteiger partial charge on any atom is -0.0830 e. The number of hydrogen-bond acceptors (Lipinski definition) is 0. The third-order valence-electron chi connectivity index (χ3n) is 0.949. The number of halogens is 4. The average molecular weight is 443 g/mol. The molecule has 0 aliphatic heterocycles. The Hall–Kier alpha value is 1.45. The lowest BCUT2D eigenvalue weighted by Crippen LogP contribution is -1.78. The largest absolute Gasteiger partial charge is 0.0830 e. The second-order valence-corrected chi connectivity index (χ2v) is 5.29. The topological polar surface area (TPSA) is 0 Å². The molecule has 0 saturated carbocycles. The monoisotopic (exact) mass is 442 g/mol. The minimum atomic E-state index is 0.774. The molecule has 0 nitrogen and oxygen atoms in total. The van der Waals surface area contributed by atoms with Crippen molar-refractivity contribution in [1.29, 1.82) is 0 Å². The molecule has 0 bridgehead atoms. The molecule has 0 atom stereocenters. The third-order valence-corrected chi connectivity index (χ3v) is 4.54. The van der Waals surface area contributed by atoms with E-state index in [1.54, 1.807) is 0 Å². The third kappa shape index (κ3) is 2.22. The molecule has 0 fully saturated rings. The van der Waals surface area contributed by atoms with Gasteiger partial charge in [-0.2, -0.15) is 0 Å². The number of hydrogen-bond donors (Lipinski definition) is 0. The molecule has 1 rings (SSSR count). The lowest BCUT2D eigenvalue weighted by atomic mass is 10.4. The van der Waals surface area contributed by atoms with E-state index in [4.69, 9.17) is 11.6 Å². The summed E-state index contributed by atoms with van der Waals surface area (Å²) in [5.41, 5.74) is 0. The summed E-state index contributed by atoms with van der Waals surface area (Å²) < 4.78 is 3.29. The molecular weight excluding hydrogens is 441 g/mol. The molecular formula is C6H2BrClI2. The van der Waals surface area contributed by atoms with Crippen molar-refractivity contribution in [2.45, 2.75) is 0 Å². The van der Waals surface area contributed by atoms with E-state index in [1.165, 1.54) is 0 Å². The van der Waals surface area contributed by atoms with E-state index in [2.05, 4.69) is 67.2 Å². The first-order valence-corrected chi connectivity index (χ1v) is 5.74. The zero-order chi connectivity index (χ0) is 7.72. The fourth-order valence-corrected chi connectivity index (χ4v) is 3.16. The predicted octanol–water partition coefficient (Wildman–Crippen LogP) is 4.31. The summed E-state index contributed by atoms with van der Waals surface area (Å²) in [6.07, 6.45) is 0. The van der Waals surface area contributed by atoms with Crippen LogP contribution >= 0.6 is 72.7 Å². The molecule has 0 heterocycles. The van der Waals surface area contributed by atoms with Crippen LogP contribution in [-0.4, -0.2) is 0 Å². The van der Waals surface area contributed by atoms with Gasteiger partial charge < -0.3 is 0 Å². The minimum absolute atomic E-state index is 0.774. The van der Waals surface area contributed by atoms with Crippen molar-refractivity contribution in [1.82, 2.24) is 0 Å². The Kier molecular flexibility index (Phi) is 3.73. The standard InChI is InChI=1S/C6H2BrClI2/c7-6-4(8)1-3(9)2-5(6)10/h1-2H. The van der Waals surface area contributed by atoms with Crippen LogP contribution in [0.5, 0.6) is 0 Å². The maximum absolute atomic E-state index is 5.86. The van der Waals surface area contributed by atoms with Crippen molar-refractivity contribution < 1.29 is 0 Å². The van der Waals surface area contributed by atoms with E-state index in [0.717, 1.165) is 16.6 Å². The molecule has 0 spiro atoms. The molecule has 54 valence electrons. The molecule has 0 saturated heterocycles. The number of rotatable bonds is 0. The maximum atomic E-state index is 5.86. The highest BCUT2D eigenvalue weighted by Gasteiger charge is 2.01. The van der Waals surface area contributed by atoms with Gasteiger partial charge in [0.25, 0.3) is 0 Å². The summed E-state index contributed by atoms with van der Waals surface area (Å²) in [4.78, 5) is 0. The Labute approximate surface area is 100 Å². The maximum Gasteiger partial charge on any atom is 0.0569 e. The second kappa shape index (κ2) is 3.91. The first-order valence-electron chi connectivity index (χ1n) is 2.41. The van der Waals surface area contributed by atoms with Crippen LogP contribution < -0.4 is 0 Å². The van der Waals surface area contributed by atoms with Crippen molar-refractivity contribution in [2.75, 3.05) is 0 Å². The first-order chi connectivity index (χ1) is 4.61. The van der Waals surface area contributed by atoms with Gasteiger partial charge in [-0.05, 0) is 73.2 Å². The normalized spacial score (nSPS) is 10.0. The van der Waals surface area contributed by atoms with E-state index in [-0.39, 0.29) is 0 Å². The summed E-state index contributed by atoms with van der Waals surface area (Å²) in [5.74, 6) is 0. The van der Waals surface area contributed by atoms with Gasteiger partial charge in [0.15, 0.2) is 0 Å². The lowest BCUT2D eigenvalue weighted by Gasteiger charge is -1.98. The molecule has 0 unspecified atom stereocenters. The molecule has 0 aliphatic carbocycles. The van der Waals surface area contributed by atoms with Crippen LogP contribution in [0.3, 0.4) is 0 Å². The van der Waals surface area contributed by atoms with E-state index < -0.39 is 0 Å². The Balaban J connectivity index is 3.31. The van der Waals surface area contributed by atoms with Crippen LogP contribution in [0, 0.1) is 7.14 Å². The van der Waals surface area contributed by atoms with Crippen molar-refractivity contribution in [3.63, 3.8) is 0 Å². The van der Waals surface area contributed by atoms with Gasteiger partial charge >= 0.3 is 0 Å². The summed E-state index contributed by atoms with van der Waals surface area (Å²) in [6, 6.07) is 3.99. The Bertz CT molecular complexity index is 239. The van der Waals surface area contributed by atoms with Crippen LogP contribution in [0.2, 0.25) is 5.02 Å².